The number of aromatic nitrogens is 3. The molecule has 0 saturated carbocycles. The van der Waals surface area contributed by atoms with Crippen LogP contribution in [-0.2, 0) is 0 Å². The van der Waals surface area contributed by atoms with Crippen molar-refractivity contribution in [3.63, 3.8) is 0 Å². The molecular formula is C43H25N3O. The van der Waals surface area contributed by atoms with Crippen molar-refractivity contribution in [2.45, 2.75) is 0 Å². The highest BCUT2D eigenvalue weighted by Crippen LogP contribution is 2.49. The zero-order valence-electron chi connectivity index (χ0n) is 25.2. The Morgan fingerprint density at radius 2 is 0.851 bits per heavy atom. The summed E-state index contributed by atoms with van der Waals surface area (Å²) in [6, 6.07) is 52.5. The molecule has 0 radical (unpaired) electrons. The maximum Gasteiger partial charge on any atom is 0.164 e. The Morgan fingerprint density at radius 1 is 0.319 bits per heavy atom. The van der Waals surface area contributed by atoms with Gasteiger partial charge in [-0.2, -0.15) is 0 Å². The van der Waals surface area contributed by atoms with Gasteiger partial charge < -0.3 is 4.42 Å². The van der Waals surface area contributed by atoms with Crippen molar-refractivity contribution in [2.24, 2.45) is 0 Å². The first-order valence-electron chi connectivity index (χ1n) is 15.8. The summed E-state index contributed by atoms with van der Waals surface area (Å²) in [5.74, 6) is 1.88. The largest absolute Gasteiger partial charge is 0.455 e. The standard InChI is InChI=1S/C43H25N3O/c1-3-12-26(13-4-1)28-18-9-21-35-39-36(22-11-23-37(39)47-40(28)35)43-45-41(27-14-5-2-6-15-27)44-42(46-43)34-25-24-33-30-17-8-7-16-29(30)31-19-10-20-32(34)38(31)33/h1-25H. The molecule has 0 amide bonds. The van der Waals surface area contributed by atoms with E-state index in [2.05, 4.69) is 103 Å². The third-order valence-corrected chi connectivity index (χ3v) is 9.30. The molecule has 7 aromatic carbocycles. The topological polar surface area (TPSA) is 51.8 Å². The number of benzene rings is 7. The molecule has 9 aromatic rings. The number of rotatable bonds is 4. The summed E-state index contributed by atoms with van der Waals surface area (Å²) in [6.45, 7) is 0. The smallest absolute Gasteiger partial charge is 0.164 e. The lowest BCUT2D eigenvalue weighted by Gasteiger charge is -2.12. The fourth-order valence-corrected chi connectivity index (χ4v) is 7.22. The van der Waals surface area contributed by atoms with Gasteiger partial charge in [-0.15, -0.1) is 0 Å². The molecule has 10 rings (SSSR count). The maximum atomic E-state index is 6.58. The van der Waals surface area contributed by atoms with Gasteiger partial charge in [0, 0.05) is 33.0 Å². The zero-order chi connectivity index (χ0) is 30.9. The molecule has 0 saturated heterocycles. The predicted molar refractivity (Wildman–Crippen MR) is 191 cm³/mol. The van der Waals surface area contributed by atoms with Crippen molar-refractivity contribution < 1.29 is 4.42 Å². The van der Waals surface area contributed by atoms with Gasteiger partial charge in [0.25, 0.3) is 0 Å². The van der Waals surface area contributed by atoms with Gasteiger partial charge in [0.2, 0.25) is 0 Å². The van der Waals surface area contributed by atoms with Crippen molar-refractivity contribution in [1.82, 2.24) is 15.0 Å². The van der Waals surface area contributed by atoms with Crippen molar-refractivity contribution in [1.29, 1.82) is 0 Å². The molecule has 0 N–H and O–H groups in total. The first-order valence-corrected chi connectivity index (χ1v) is 15.8. The molecule has 0 fully saturated rings. The second-order valence-electron chi connectivity index (χ2n) is 11.9. The molecule has 0 unspecified atom stereocenters. The molecule has 1 aliphatic carbocycles. The summed E-state index contributed by atoms with van der Waals surface area (Å²) in [6.07, 6.45) is 0. The Labute approximate surface area is 270 Å². The van der Waals surface area contributed by atoms with Crippen LogP contribution in [0.5, 0.6) is 0 Å². The summed E-state index contributed by atoms with van der Waals surface area (Å²) >= 11 is 0. The first-order chi connectivity index (χ1) is 23.3. The fraction of sp³-hybridized carbons (Fsp3) is 0. The molecular weight excluding hydrogens is 574 g/mol. The average Bonchev–Trinajstić information content (AvgIpc) is 3.69. The minimum atomic E-state index is 0.610. The average molecular weight is 600 g/mol. The van der Waals surface area contributed by atoms with E-state index >= 15 is 0 Å². The van der Waals surface area contributed by atoms with Crippen molar-refractivity contribution in [2.75, 3.05) is 0 Å². The van der Waals surface area contributed by atoms with Crippen LogP contribution in [0.1, 0.15) is 0 Å². The van der Waals surface area contributed by atoms with E-state index in [4.69, 9.17) is 19.4 Å². The summed E-state index contributed by atoms with van der Waals surface area (Å²) in [7, 11) is 0. The van der Waals surface area contributed by atoms with Crippen molar-refractivity contribution in [3.05, 3.63) is 152 Å². The van der Waals surface area contributed by atoms with Gasteiger partial charge in [-0.3, -0.25) is 0 Å². The van der Waals surface area contributed by atoms with E-state index in [9.17, 15) is 0 Å². The highest BCUT2D eigenvalue weighted by Gasteiger charge is 2.24. The normalized spacial score (nSPS) is 11.8. The zero-order valence-corrected chi connectivity index (χ0v) is 25.2. The van der Waals surface area contributed by atoms with Crippen LogP contribution in [0, 0.1) is 0 Å². The molecule has 47 heavy (non-hydrogen) atoms. The Balaban J connectivity index is 1.24. The Kier molecular flexibility index (Phi) is 5.54. The Hall–Kier alpha value is -6.39. The number of furan rings is 1. The second-order valence-corrected chi connectivity index (χ2v) is 11.9. The quantitative estimate of drug-likeness (QED) is 0.202. The molecule has 2 aromatic heterocycles. The van der Waals surface area contributed by atoms with E-state index in [-0.39, 0.29) is 0 Å². The van der Waals surface area contributed by atoms with E-state index in [0.29, 0.717) is 17.5 Å². The Morgan fingerprint density at radius 3 is 1.62 bits per heavy atom. The number of hydrogen-bond acceptors (Lipinski definition) is 4. The predicted octanol–water partition coefficient (Wildman–Crippen LogP) is 11.2. The van der Waals surface area contributed by atoms with Crippen LogP contribution in [-0.4, -0.2) is 15.0 Å². The monoisotopic (exact) mass is 599 g/mol. The molecule has 218 valence electrons. The van der Waals surface area contributed by atoms with Crippen LogP contribution in [0.2, 0.25) is 0 Å². The molecule has 4 heteroatoms. The number of hydrogen-bond donors (Lipinski definition) is 0. The van der Waals surface area contributed by atoms with Crippen molar-refractivity contribution >= 4 is 32.7 Å². The van der Waals surface area contributed by atoms with Gasteiger partial charge in [0.05, 0.1) is 0 Å². The fourth-order valence-electron chi connectivity index (χ4n) is 7.22. The van der Waals surface area contributed by atoms with Crippen molar-refractivity contribution in [3.8, 4) is 67.5 Å². The maximum absolute atomic E-state index is 6.58. The van der Waals surface area contributed by atoms with Gasteiger partial charge in [0.15, 0.2) is 17.5 Å². The molecule has 2 heterocycles. The van der Waals surface area contributed by atoms with Crippen LogP contribution >= 0.6 is 0 Å². The molecule has 0 spiro atoms. The highest BCUT2D eigenvalue weighted by molar-refractivity contribution is 6.18. The van der Waals surface area contributed by atoms with E-state index < -0.39 is 0 Å². The van der Waals surface area contributed by atoms with Crippen LogP contribution in [0.4, 0.5) is 0 Å². The van der Waals surface area contributed by atoms with E-state index in [1.807, 2.05) is 48.5 Å². The molecule has 0 bridgehead atoms. The minimum absolute atomic E-state index is 0.610. The van der Waals surface area contributed by atoms with E-state index in [0.717, 1.165) is 55.1 Å². The highest BCUT2D eigenvalue weighted by atomic mass is 16.3. The lowest BCUT2D eigenvalue weighted by atomic mass is 9.98. The number of nitrogens with zero attached hydrogens (tertiary/aromatic N) is 3. The van der Waals surface area contributed by atoms with Gasteiger partial charge in [-0.05, 0) is 50.7 Å². The number of fused-ring (bicyclic) bond motifs is 6. The third kappa shape index (κ3) is 3.92. The summed E-state index contributed by atoms with van der Waals surface area (Å²) < 4.78 is 6.58. The van der Waals surface area contributed by atoms with Crippen LogP contribution < -0.4 is 0 Å². The lowest BCUT2D eigenvalue weighted by Crippen LogP contribution is -2.01. The summed E-state index contributed by atoms with van der Waals surface area (Å²) in [4.78, 5) is 15.5. The second kappa shape index (κ2) is 10.1. The number of para-hydroxylation sites is 1. The van der Waals surface area contributed by atoms with Crippen LogP contribution in [0.25, 0.3) is 100 Å². The molecule has 4 nitrogen and oxygen atoms in total. The minimum Gasteiger partial charge on any atom is -0.455 e. The molecule has 0 aliphatic heterocycles. The van der Waals surface area contributed by atoms with E-state index in [1.54, 1.807) is 0 Å². The molecule has 0 atom stereocenters. The third-order valence-electron chi connectivity index (χ3n) is 9.30. The lowest BCUT2D eigenvalue weighted by molar-refractivity contribution is 0.670. The van der Waals surface area contributed by atoms with E-state index in [1.165, 1.54) is 27.6 Å². The Bertz CT molecular complexity index is 2650. The van der Waals surface area contributed by atoms with Crippen LogP contribution in [0.3, 0.4) is 0 Å². The summed E-state index contributed by atoms with van der Waals surface area (Å²) in [5, 5.41) is 4.40. The van der Waals surface area contributed by atoms with Gasteiger partial charge in [-0.1, -0.05) is 140 Å². The summed E-state index contributed by atoms with van der Waals surface area (Å²) in [5.41, 5.74) is 11.7. The first kappa shape index (κ1) is 25.9. The van der Waals surface area contributed by atoms with Gasteiger partial charge in [0.1, 0.15) is 11.2 Å². The van der Waals surface area contributed by atoms with Crippen LogP contribution in [0.15, 0.2) is 156 Å². The van der Waals surface area contributed by atoms with Gasteiger partial charge >= 0.3 is 0 Å². The van der Waals surface area contributed by atoms with Gasteiger partial charge in [-0.25, -0.2) is 15.0 Å². The molecule has 1 aliphatic rings. The SMILES string of the molecule is c1ccc(-c2nc(-c3ccc4c5c(cccc35)-c3ccccc3-4)nc(-c3cccc4oc5c(-c6ccccc6)cccc5c34)n2)cc1.